The van der Waals surface area contributed by atoms with Crippen molar-refractivity contribution >= 4 is 57.5 Å². The minimum atomic E-state index is -0.833. The summed E-state index contributed by atoms with van der Waals surface area (Å²) in [7, 11) is 4.05. The first-order valence-corrected chi connectivity index (χ1v) is 11.7. The molecule has 0 radical (unpaired) electrons. The van der Waals surface area contributed by atoms with Gasteiger partial charge in [-0.15, -0.1) is 11.3 Å². The maximum Gasteiger partial charge on any atom is 0.303 e. The molecule has 1 aliphatic rings. The Labute approximate surface area is 201 Å². The van der Waals surface area contributed by atoms with Crippen LogP contribution in [0.25, 0.3) is 11.3 Å². The number of carbonyl (C=O) groups is 2. The van der Waals surface area contributed by atoms with Crippen molar-refractivity contribution in [1.82, 2.24) is 4.90 Å². The molecule has 0 atom stereocenters. The lowest BCUT2D eigenvalue weighted by Gasteiger charge is -2.15. The van der Waals surface area contributed by atoms with Gasteiger partial charge in [-0.2, -0.15) is 0 Å². The summed E-state index contributed by atoms with van der Waals surface area (Å²) in [5.41, 5.74) is 5.52. The van der Waals surface area contributed by atoms with Crippen LogP contribution in [0, 0.1) is 0 Å². The van der Waals surface area contributed by atoms with Crippen molar-refractivity contribution in [1.29, 1.82) is 0 Å². The van der Waals surface area contributed by atoms with Crippen LogP contribution in [0.15, 0.2) is 53.9 Å². The molecular formula is C25H24ClN3O3S. The molecular weight excluding hydrogens is 458 g/mol. The van der Waals surface area contributed by atoms with Crippen molar-refractivity contribution in [2.75, 3.05) is 24.7 Å². The number of anilines is 2. The summed E-state index contributed by atoms with van der Waals surface area (Å²) >= 11 is 7.61. The molecule has 3 N–H and O–H groups in total. The number of carboxylic acids is 1. The molecule has 0 bridgehead atoms. The quantitative estimate of drug-likeness (QED) is 0.374. The van der Waals surface area contributed by atoms with Crippen LogP contribution in [0.2, 0.25) is 5.02 Å². The number of carbonyl (C=O) groups excluding carboxylic acids is 1. The lowest BCUT2D eigenvalue weighted by Crippen LogP contribution is -2.11. The maximum atomic E-state index is 13.0. The highest BCUT2D eigenvalue weighted by Crippen LogP contribution is 2.39. The normalized spacial score (nSPS) is 14.2. The number of fused-ring (bicyclic) bond motifs is 1. The van der Waals surface area contributed by atoms with Gasteiger partial charge >= 0.3 is 5.97 Å². The summed E-state index contributed by atoms with van der Waals surface area (Å²) in [4.78, 5) is 27.0. The summed E-state index contributed by atoms with van der Waals surface area (Å²) in [6.07, 6.45) is 0.509. The Bertz CT molecular complexity index is 1230. The molecule has 1 amide bonds. The third-order valence-corrected chi connectivity index (χ3v) is 6.46. The molecule has 6 nitrogen and oxygen atoms in total. The van der Waals surface area contributed by atoms with E-state index in [-0.39, 0.29) is 12.3 Å². The van der Waals surface area contributed by atoms with E-state index in [1.807, 2.05) is 43.7 Å². The summed E-state index contributed by atoms with van der Waals surface area (Å²) in [6.45, 7) is 0.836. The SMILES string of the molecule is CN(C)Cc1ccc(N/C(=C2\C(=O)Nc3cc(Cl)ccc32)c2csc(CCC(=O)O)c2)cc1. The Morgan fingerprint density at radius 2 is 1.91 bits per heavy atom. The fourth-order valence-corrected chi connectivity index (χ4v) is 4.80. The molecule has 4 rings (SSSR count). The van der Waals surface area contributed by atoms with Gasteiger partial charge in [0, 0.05) is 38.6 Å². The fourth-order valence-electron chi connectivity index (χ4n) is 3.75. The second-order valence-electron chi connectivity index (χ2n) is 8.15. The number of aryl methyl sites for hydroxylation is 1. The first kappa shape index (κ1) is 23.0. The van der Waals surface area contributed by atoms with Gasteiger partial charge in [-0.25, -0.2) is 0 Å². The highest BCUT2D eigenvalue weighted by molar-refractivity contribution is 7.10. The summed E-state index contributed by atoms with van der Waals surface area (Å²) in [5.74, 6) is -1.04. The van der Waals surface area contributed by atoms with E-state index in [2.05, 4.69) is 27.7 Å². The Morgan fingerprint density at radius 3 is 2.61 bits per heavy atom. The third kappa shape index (κ3) is 5.45. The van der Waals surface area contributed by atoms with Crippen LogP contribution in [-0.4, -0.2) is 36.0 Å². The van der Waals surface area contributed by atoms with Crippen LogP contribution >= 0.6 is 22.9 Å². The second-order valence-corrected chi connectivity index (χ2v) is 9.58. The first-order chi connectivity index (χ1) is 15.8. The van der Waals surface area contributed by atoms with E-state index in [4.69, 9.17) is 16.7 Å². The van der Waals surface area contributed by atoms with Gasteiger partial charge in [0.15, 0.2) is 0 Å². The molecule has 0 spiro atoms. The number of rotatable bonds is 8. The molecule has 0 fully saturated rings. The Hall–Kier alpha value is -3.13. The Balaban J connectivity index is 1.75. The van der Waals surface area contributed by atoms with Gasteiger partial charge in [0.05, 0.1) is 23.4 Å². The number of nitrogens with one attached hydrogen (secondary N) is 2. The molecule has 3 aromatic rings. The molecule has 170 valence electrons. The standard InChI is InChI=1S/C25H24ClN3O3S/c1-29(2)13-15-3-6-18(7-4-15)27-24(16-11-19(33-14-16)8-10-22(30)31)23-20-9-5-17(26)12-21(20)28-25(23)32/h3-7,9,11-12,14,27H,8,10,13H2,1-2H3,(H,28,32)(H,30,31)/b24-23-. The van der Waals surface area contributed by atoms with Gasteiger partial charge in [0.1, 0.15) is 0 Å². The average molecular weight is 482 g/mol. The van der Waals surface area contributed by atoms with Crippen molar-refractivity contribution in [3.8, 4) is 0 Å². The predicted molar refractivity (Wildman–Crippen MR) is 135 cm³/mol. The number of hydrogen-bond donors (Lipinski definition) is 3. The number of halogens is 1. The summed E-state index contributed by atoms with van der Waals surface area (Å²) in [6, 6.07) is 15.4. The van der Waals surface area contributed by atoms with Crippen molar-refractivity contribution in [3.05, 3.63) is 80.5 Å². The summed E-state index contributed by atoms with van der Waals surface area (Å²) < 4.78 is 0. The topological polar surface area (TPSA) is 81.7 Å². The molecule has 0 unspecified atom stereocenters. The Morgan fingerprint density at radius 1 is 1.15 bits per heavy atom. The van der Waals surface area contributed by atoms with Crippen molar-refractivity contribution in [2.24, 2.45) is 0 Å². The van der Waals surface area contributed by atoms with Crippen molar-refractivity contribution < 1.29 is 14.7 Å². The van der Waals surface area contributed by atoms with E-state index in [9.17, 15) is 9.59 Å². The largest absolute Gasteiger partial charge is 0.481 e. The predicted octanol–water partition coefficient (Wildman–Crippen LogP) is 5.41. The molecule has 0 saturated heterocycles. The lowest BCUT2D eigenvalue weighted by atomic mass is 10.0. The van der Waals surface area contributed by atoms with E-state index in [1.54, 1.807) is 12.1 Å². The monoisotopic (exact) mass is 481 g/mol. The summed E-state index contributed by atoms with van der Waals surface area (Å²) in [5, 5.41) is 17.9. The molecule has 1 aliphatic heterocycles. The number of aliphatic carboxylic acids is 1. The van der Waals surface area contributed by atoms with E-state index in [0.717, 1.165) is 28.2 Å². The van der Waals surface area contributed by atoms with E-state index in [1.165, 1.54) is 16.9 Å². The minimum Gasteiger partial charge on any atom is -0.481 e. The molecule has 1 aromatic heterocycles. The fraction of sp³-hybridized carbons (Fsp3) is 0.200. The molecule has 0 aliphatic carbocycles. The van der Waals surface area contributed by atoms with Crippen molar-refractivity contribution in [3.63, 3.8) is 0 Å². The number of hydrogen-bond acceptors (Lipinski definition) is 5. The van der Waals surface area contributed by atoms with Crippen LogP contribution in [0.5, 0.6) is 0 Å². The first-order valence-electron chi connectivity index (χ1n) is 10.5. The van der Waals surface area contributed by atoms with Crippen LogP contribution in [0.1, 0.15) is 28.0 Å². The van der Waals surface area contributed by atoms with Crippen LogP contribution in [0.3, 0.4) is 0 Å². The lowest BCUT2D eigenvalue weighted by molar-refractivity contribution is -0.136. The van der Waals surface area contributed by atoms with Gasteiger partial charge in [0.2, 0.25) is 0 Å². The molecule has 0 saturated carbocycles. The number of carboxylic acid groups (broad SMARTS) is 1. The third-order valence-electron chi connectivity index (χ3n) is 5.23. The zero-order valence-electron chi connectivity index (χ0n) is 18.3. The second kappa shape index (κ2) is 9.79. The maximum absolute atomic E-state index is 13.0. The van der Waals surface area contributed by atoms with Crippen LogP contribution in [-0.2, 0) is 22.6 Å². The molecule has 33 heavy (non-hydrogen) atoms. The molecule has 2 heterocycles. The van der Waals surface area contributed by atoms with Gasteiger partial charge in [-0.3, -0.25) is 9.59 Å². The Kier molecular flexibility index (Phi) is 6.83. The highest BCUT2D eigenvalue weighted by atomic mass is 35.5. The number of amides is 1. The van der Waals surface area contributed by atoms with Gasteiger partial charge in [-0.1, -0.05) is 29.8 Å². The molecule has 8 heteroatoms. The number of benzene rings is 2. The smallest absolute Gasteiger partial charge is 0.303 e. The molecule has 2 aromatic carbocycles. The van der Waals surface area contributed by atoms with Crippen LogP contribution < -0.4 is 10.6 Å². The van der Waals surface area contributed by atoms with E-state index < -0.39 is 5.97 Å². The zero-order chi connectivity index (χ0) is 23.5. The zero-order valence-corrected chi connectivity index (χ0v) is 19.9. The van der Waals surface area contributed by atoms with Gasteiger partial charge in [-0.05, 0) is 56.4 Å². The van der Waals surface area contributed by atoms with Crippen LogP contribution in [0.4, 0.5) is 11.4 Å². The van der Waals surface area contributed by atoms with Gasteiger partial charge in [0.25, 0.3) is 5.91 Å². The average Bonchev–Trinajstić information content (AvgIpc) is 3.35. The van der Waals surface area contributed by atoms with E-state index >= 15 is 0 Å². The number of thiophene rings is 1. The van der Waals surface area contributed by atoms with E-state index in [0.29, 0.717) is 28.4 Å². The highest BCUT2D eigenvalue weighted by Gasteiger charge is 2.29. The number of nitrogens with zero attached hydrogens (tertiary/aromatic N) is 1. The van der Waals surface area contributed by atoms with Crippen molar-refractivity contribution in [2.45, 2.75) is 19.4 Å². The minimum absolute atomic E-state index is 0.0639. The van der Waals surface area contributed by atoms with Gasteiger partial charge < -0.3 is 20.6 Å².